The van der Waals surface area contributed by atoms with Gasteiger partial charge in [0.1, 0.15) is 6.61 Å². The van der Waals surface area contributed by atoms with Crippen molar-refractivity contribution < 1.29 is 9.84 Å². The summed E-state index contributed by atoms with van der Waals surface area (Å²) in [4.78, 5) is 0. The zero-order valence-electron chi connectivity index (χ0n) is 8.52. The average molecular weight is 193 g/mol. The van der Waals surface area contributed by atoms with Crippen LogP contribution in [0.5, 0.6) is 0 Å². The van der Waals surface area contributed by atoms with E-state index >= 15 is 0 Å². The van der Waals surface area contributed by atoms with E-state index in [1.54, 1.807) is 6.61 Å². The van der Waals surface area contributed by atoms with Crippen molar-refractivity contribution in [2.45, 2.75) is 32.5 Å². The highest BCUT2D eigenvalue weighted by atomic mass is 16.6. The number of hydrogen-bond donors (Lipinski definition) is 1. The van der Waals surface area contributed by atoms with Crippen molar-refractivity contribution in [2.24, 2.45) is 0 Å². The summed E-state index contributed by atoms with van der Waals surface area (Å²) in [6.07, 6.45) is 2.09. The van der Waals surface area contributed by atoms with Gasteiger partial charge < -0.3 is 9.84 Å². The van der Waals surface area contributed by atoms with E-state index in [0.717, 1.165) is 18.4 Å². The Kier molecular flexibility index (Phi) is 5.27. The molecule has 0 amide bonds. The first-order valence-electron chi connectivity index (χ1n) is 5.04. The molecule has 2 heteroatoms. The lowest BCUT2D eigenvalue weighted by atomic mass is 10.2. The molecule has 0 heterocycles. The molecule has 1 unspecified atom stereocenters. The quantitative estimate of drug-likeness (QED) is 0.704. The molecule has 1 atom stereocenters. The predicted octanol–water partition coefficient (Wildman–Crippen LogP) is 2.72. The van der Waals surface area contributed by atoms with Crippen LogP contribution in [0.15, 0.2) is 30.3 Å². The van der Waals surface area contributed by atoms with Gasteiger partial charge in [-0.3, -0.25) is 0 Å². The Bertz CT molecular complexity index is 233. The normalized spacial score (nSPS) is 12.7. The van der Waals surface area contributed by atoms with Crippen molar-refractivity contribution >= 4 is 0 Å². The molecular formula is C12H17O2. The van der Waals surface area contributed by atoms with Crippen LogP contribution in [0.25, 0.3) is 0 Å². The zero-order chi connectivity index (χ0) is 10.2. The molecule has 0 bridgehead atoms. The van der Waals surface area contributed by atoms with E-state index in [4.69, 9.17) is 4.74 Å². The van der Waals surface area contributed by atoms with Crippen molar-refractivity contribution in [3.8, 4) is 0 Å². The number of rotatable bonds is 6. The summed E-state index contributed by atoms with van der Waals surface area (Å²) in [5.41, 5.74) is 0.975. The summed E-state index contributed by atoms with van der Waals surface area (Å²) in [6, 6.07) is 9.70. The third kappa shape index (κ3) is 4.40. The van der Waals surface area contributed by atoms with E-state index in [1.165, 1.54) is 0 Å². The van der Waals surface area contributed by atoms with Gasteiger partial charge in [-0.15, -0.1) is 0 Å². The summed E-state index contributed by atoms with van der Waals surface area (Å²) < 4.78 is 5.16. The van der Waals surface area contributed by atoms with E-state index in [0.29, 0.717) is 6.42 Å². The SMILES string of the molecule is CCCCC(O)O[CH]c1ccccc1. The van der Waals surface area contributed by atoms with Crippen LogP contribution in [0, 0.1) is 6.61 Å². The Balaban J connectivity index is 2.20. The van der Waals surface area contributed by atoms with Crippen molar-refractivity contribution in [1.29, 1.82) is 0 Å². The van der Waals surface area contributed by atoms with E-state index in [2.05, 4.69) is 6.92 Å². The van der Waals surface area contributed by atoms with Gasteiger partial charge in [0, 0.05) is 0 Å². The van der Waals surface area contributed by atoms with Crippen LogP contribution in [0.2, 0.25) is 0 Å². The van der Waals surface area contributed by atoms with Gasteiger partial charge in [0.2, 0.25) is 0 Å². The Hall–Kier alpha value is -0.860. The second kappa shape index (κ2) is 6.57. The zero-order valence-corrected chi connectivity index (χ0v) is 8.52. The first-order valence-corrected chi connectivity index (χ1v) is 5.04. The number of aliphatic hydroxyl groups excluding tert-OH is 1. The number of aliphatic hydroxyl groups is 1. The lowest BCUT2D eigenvalue weighted by Gasteiger charge is -2.10. The van der Waals surface area contributed by atoms with Crippen LogP contribution in [0.4, 0.5) is 0 Å². The fourth-order valence-corrected chi connectivity index (χ4v) is 1.14. The van der Waals surface area contributed by atoms with Gasteiger partial charge >= 0.3 is 0 Å². The van der Waals surface area contributed by atoms with Crippen LogP contribution in [-0.4, -0.2) is 11.4 Å². The molecule has 0 aliphatic carbocycles. The second-order valence-corrected chi connectivity index (χ2v) is 3.26. The minimum Gasteiger partial charge on any atom is -0.368 e. The van der Waals surface area contributed by atoms with E-state index in [9.17, 15) is 5.11 Å². The Morgan fingerprint density at radius 3 is 2.71 bits per heavy atom. The highest BCUT2D eigenvalue weighted by molar-refractivity contribution is 5.19. The summed E-state index contributed by atoms with van der Waals surface area (Å²) in [5, 5.41) is 9.39. The second-order valence-electron chi connectivity index (χ2n) is 3.26. The molecule has 1 rings (SSSR count). The van der Waals surface area contributed by atoms with Gasteiger partial charge in [0.05, 0.1) is 0 Å². The molecule has 1 N–H and O–H groups in total. The van der Waals surface area contributed by atoms with Crippen LogP contribution >= 0.6 is 0 Å². The summed E-state index contributed by atoms with van der Waals surface area (Å²) in [7, 11) is 0. The molecular weight excluding hydrogens is 176 g/mol. The Morgan fingerprint density at radius 1 is 1.36 bits per heavy atom. The van der Waals surface area contributed by atoms with Crippen molar-refractivity contribution in [3.05, 3.63) is 42.5 Å². The highest BCUT2D eigenvalue weighted by Crippen LogP contribution is 2.08. The molecule has 1 aromatic rings. The third-order valence-corrected chi connectivity index (χ3v) is 1.97. The smallest absolute Gasteiger partial charge is 0.155 e. The maximum atomic E-state index is 9.39. The number of ether oxygens (including phenoxy) is 1. The molecule has 0 saturated carbocycles. The lowest BCUT2D eigenvalue weighted by Crippen LogP contribution is -2.10. The molecule has 14 heavy (non-hydrogen) atoms. The van der Waals surface area contributed by atoms with Gasteiger partial charge in [-0.25, -0.2) is 0 Å². The summed E-state index contributed by atoms with van der Waals surface area (Å²) >= 11 is 0. The van der Waals surface area contributed by atoms with Crippen molar-refractivity contribution in [1.82, 2.24) is 0 Å². The van der Waals surface area contributed by atoms with Gasteiger partial charge in [-0.2, -0.15) is 0 Å². The molecule has 0 spiro atoms. The molecule has 0 fully saturated rings. The maximum Gasteiger partial charge on any atom is 0.155 e. The van der Waals surface area contributed by atoms with Gasteiger partial charge in [-0.05, 0) is 18.4 Å². The molecule has 77 valence electrons. The Labute approximate surface area is 85.5 Å². The number of hydrogen-bond acceptors (Lipinski definition) is 2. The number of unbranched alkanes of at least 4 members (excludes halogenated alkanes) is 1. The topological polar surface area (TPSA) is 29.5 Å². The first-order chi connectivity index (χ1) is 6.83. The van der Waals surface area contributed by atoms with Crippen LogP contribution in [0.1, 0.15) is 31.7 Å². The standard InChI is InChI=1S/C12H17O2/c1-2-3-9-12(13)14-10-11-7-5-4-6-8-11/h4-8,10,12-13H,2-3,9H2,1H3. The summed E-state index contributed by atoms with van der Waals surface area (Å²) in [5.74, 6) is 0. The van der Waals surface area contributed by atoms with E-state index in [1.807, 2.05) is 30.3 Å². The lowest BCUT2D eigenvalue weighted by molar-refractivity contribution is -0.0717. The Morgan fingerprint density at radius 2 is 2.07 bits per heavy atom. The van der Waals surface area contributed by atoms with Gasteiger partial charge in [0.15, 0.2) is 6.29 Å². The fraction of sp³-hybridized carbons (Fsp3) is 0.417. The monoisotopic (exact) mass is 193 g/mol. The minimum absolute atomic E-state index is 0.671. The molecule has 0 aliphatic heterocycles. The van der Waals surface area contributed by atoms with Crippen LogP contribution in [-0.2, 0) is 4.74 Å². The molecule has 2 nitrogen and oxygen atoms in total. The molecule has 0 aromatic heterocycles. The van der Waals surface area contributed by atoms with Crippen molar-refractivity contribution in [2.75, 3.05) is 0 Å². The molecule has 0 saturated heterocycles. The average Bonchev–Trinajstić information content (AvgIpc) is 2.25. The van der Waals surface area contributed by atoms with Crippen LogP contribution in [0.3, 0.4) is 0 Å². The van der Waals surface area contributed by atoms with Crippen LogP contribution < -0.4 is 0 Å². The third-order valence-electron chi connectivity index (χ3n) is 1.97. The van der Waals surface area contributed by atoms with E-state index in [-0.39, 0.29) is 0 Å². The fourth-order valence-electron chi connectivity index (χ4n) is 1.14. The molecule has 1 aromatic carbocycles. The predicted molar refractivity (Wildman–Crippen MR) is 56.5 cm³/mol. The molecule has 0 aliphatic rings. The highest BCUT2D eigenvalue weighted by Gasteiger charge is 2.03. The number of benzene rings is 1. The molecule has 1 radical (unpaired) electrons. The largest absolute Gasteiger partial charge is 0.368 e. The van der Waals surface area contributed by atoms with E-state index < -0.39 is 6.29 Å². The summed E-state index contributed by atoms with van der Waals surface area (Å²) in [6.45, 7) is 3.69. The van der Waals surface area contributed by atoms with Crippen molar-refractivity contribution in [3.63, 3.8) is 0 Å². The minimum atomic E-state index is -0.671. The maximum absolute atomic E-state index is 9.39. The first kappa shape index (κ1) is 11.2. The van der Waals surface area contributed by atoms with Gasteiger partial charge in [0.25, 0.3) is 0 Å². The van der Waals surface area contributed by atoms with Gasteiger partial charge in [-0.1, -0.05) is 43.7 Å².